The molecule has 3 rings (SSSR count). The number of nitrogens with one attached hydrogen (secondary N) is 1. The van der Waals surface area contributed by atoms with Crippen molar-refractivity contribution >= 4 is 12.1 Å². The highest BCUT2D eigenvalue weighted by molar-refractivity contribution is 5.88. The lowest BCUT2D eigenvalue weighted by Crippen LogP contribution is -2.49. The van der Waals surface area contributed by atoms with Crippen molar-refractivity contribution in [2.24, 2.45) is 0 Å². The number of alkyl carbamates (subject to hydrolysis) is 1. The molecule has 0 unspecified atom stereocenters. The van der Waals surface area contributed by atoms with Gasteiger partial charge in [-0.15, -0.1) is 0 Å². The van der Waals surface area contributed by atoms with Gasteiger partial charge in [-0.05, 0) is 23.3 Å². The number of amides is 1. The summed E-state index contributed by atoms with van der Waals surface area (Å²) in [7, 11) is 1.25. The number of cyclic esters (lactones) is 1. The molecule has 1 heterocycles. The van der Waals surface area contributed by atoms with Gasteiger partial charge in [-0.25, -0.2) is 9.59 Å². The van der Waals surface area contributed by atoms with Crippen LogP contribution in [0.25, 0.3) is 0 Å². The Hall–Kier alpha value is -3.02. The first-order chi connectivity index (χ1) is 12.1. The van der Waals surface area contributed by atoms with E-state index >= 15 is 0 Å². The monoisotopic (exact) mass is 341 g/mol. The summed E-state index contributed by atoms with van der Waals surface area (Å²) in [4.78, 5) is 23.9. The van der Waals surface area contributed by atoms with Gasteiger partial charge in [-0.3, -0.25) is 0 Å². The number of hydrogen-bond acceptors (Lipinski definition) is 5. The predicted molar refractivity (Wildman–Crippen MR) is 90.0 cm³/mol. The van der Waals surface area contributed by atoms with Crippen LogP contribution < -0.4 is 10.1 Å². The van der Waals surface area contributed by atoms with Crippen molar-refractivity contribution < 1.29 is 23.8 Å². The summed E-state index contributed by atoms with van der Waals surface area (Å²) >= 11 is 0. The van der Waals surface area contributed by atoms with Gasteiger partial charge in [0.25, 0.3) is 0 Å². The molecule has 130 valence electrons. The van der Waals surface area contributed by atoms with Gasteiger partial charge < -0.3 is 19.5 Å². The van der Waals surface area contributed by atoms with Crippen molar-refractivity contribution in [1.29, 1.82) is 0 Å². The van der Waals surface area contributed by atoms with Crippen LogP contribution in [0.1, 0.15) is 17.5 Å². The quantitative estimate of drug-likeness (QED) is 0.847. The van der Waals surface area contributed by atoms with Crippen LogP contribution >= 0.6 is 0 Å². The Kier molecular flexibility index (Phi) is 4.88. The molecule has 0 aliphatic carbocycles. The van der Waals surface area contributed by atoms with Crippen LogP contribution in [0.15, 0.2) is 54.6 Å². The van der Waals surface area contributed by atoms with Crippen LogP contribution in [0.4, 0.5) is 4.79 Å². The minimum Gasteiger partial charge on any atom is -0.489 e. The zero-order chi connectivity index (χ0) is 17.7. The second-order valence-corrected chi connectivity index (χ2v) is 5.71. The van der Waals surface area contributed by atoms with E-state index in [0.29, 0.717) is 24.3 Å². The van der Waals surface area contributed by atoms with E-state index in [1.165, 1.54) is 7.11 Å². The van der Waals surface area contributed by atoms with Gasteiger partial charge in [-0.2, -0.15) is 0 Å². The van der Waals surface area contributed by atoms with Gasteiger partial charge >= 0.3 is 12.1 Å². The molecule has 25 heavy (non-hydrogen) atoms. The zero-order valence-corrected chi connectivity index (χ0v) is 13.9. The Morgan fingerprint density at radius 3 is 2.48 bits per heavy atom. The van der Waals surface area contributed by atoms with E-state index in [9.17, 15) is 9.59 Å². The lowest BCUT2D eigenvalue weighted by atomic mass is 9.88. The van der Waals surface area contributed by atoms with Crippen molar-refractivity contribution in [3.8, 4) is 5.75 Å². The average molecular weight is 341 g/mol. The summed E-state index contributed by atoms with van der Waals surface area (Å²) < 4.78 is 15.4. The predicted octanol–water partition coefficient (Wildman–Crippen LogP) is 2.76. The lowest BCUT2D eigenvalue weighted by molar-refractivity contribution is -0.143. The van der Waals surface area contributed by atoms with E-state index in [0.717, 1.165) is 5.56 Å². The molecule has 0 bridgehead atoms. The van der Waals surface area contributed by atoms with Gasteiger partial charge in [-0.1, -0.05) is 42.5 Å². The van der Waals surface area contributed by atoms with Gasteiger partial charge in [0.15, 0.2) is 5.54 Å². The zero-order valence-electron chi connectivity index (χ0n) is 13.9. The number of benzene rings is 2. The molecule has 1 saturated heterocycles. The van der Waals surface area contributed by atoms with Crippen LogP contribution in [-0.4, -0.2) is 25.8 Å². The second kappa shape index (κ2) is 7.25. The molecule has 1 atom stereocenters. The molecule has 1 fully saturated rings. The number of rotatable bonds is 5. The fourth-order valence-electron chi connectivity index (χ4n) is 2.77. The molecule has 0 aromatic heterocycles. The smallest absolute Gasteiger partial charge is 0.408 e. The van der Waals surface area contributed by atoms with Gasteiger partial charge in [0.2, 0.25) is 0 Å². The van der Waals surface area contributed by atoms with Gasteiger partial charge in [0.1, 0.15) is 12.4 Å². The van der Waals surface area contributed by atoms with Crippen LogP contribution in [0.5, 0.6) is 5.75 Å². The van der Waals surface area contributed by atoms with E-state index in [2.05, 4.69) is 10.1 Å². The van der Waals surface area contributed by atoms with Crippen LogP contribution in [0.3, 0.4) is 0 Å². The van der Waals surface area contributed by atoms with E-state index in [4.69, 9.17) is 9.47 Å². The standard InChI is InChI=1S/C19H19NO5/c1-23-18(22)20-19(11-12-24-17(19)21)15-7-9-16(10-8-15)25-13-14-5-3-2-4-6-14/h2-10H,11-13H2,1H3,(H,20,22)/t19-/m0/s1. The SMILES string of the molecule is COC(=O)N[C@]1(c2ccc(OCc3ccccc3)cc2)CCOC1=O. The lowest BCUT2D eigenvalue weighted by Gasteiger charge is -2.26. The first kappa shape index (κ1) is 16.8. The largest absolute Gasteiger partial charge is 0.489 e. The summed E-state index contributed by atoms with van der Waals surface area (Å²) in [5.74, 6) is 0.183. The summed E-state index contributed by atoms with van der Waals surface area (Å²) in [6.45, 7) is 0.697. The highest BCUT2D eigenvalue weighted by atomic mass is 16.6. The minimum atomic E-state index is -1.22. The molecular weight excluding hydrogens is 322 g/mol. The number of methoxy groups -OCH3 is 1. The van der Waals surface area contributed by atoms with Crippen LogP contribution in [0, 0.1) is 0 Å². The molecule has 0 spiro atoms. The molecule has 1 N–H and O–H groups in total. The molecule has 6 nitrogen and oxygen atoms in total. The number of ether oxygens (including phenoxy) is 3. The van der Waals surface area contributed by atoms with E-state index < -0.39 is 17.6 Å². The maximum Gasteiger partial charge on any atom is 0.408 e. The first-order valence-corrected chi connectivity index (χ1v) is 7.95. The molecule has 1 aliphatic rings. The van der Waals surface area contributed by atoms with Crippen molar-refractivity contribution in [3.63, 3.8) is 0 Å². The Morgan fingerprint density at radius 1 is 1.16 bits per heavy atom. The fraction of sp³-hybridized carbons (Fsp3) is 0.263. The minimum absolute atomic E-state index is 0.245. The Bertz CT molecular complexity index is 744. The summed E-state index contributed by atoms with van der Waals surface area (Å²) in [5, 5.41) is 2.61. The van der Waals surface area contributed by atoms with Crippen LogP contribution in [0.2, 0.25) is 0 Å². The highest BCUT2D eigenvalue weighted by Gasteiger charge is 2.47. The highest BCUT2D eigenvalue weighted by Crippen LogP contribution is 2.33. The number of carbonyl (C=O) groups excluding carboxylic acids is 2. The number of esters is 1. The molecule has 6 heteroatoms. The van der Waals surface area contributed by atoms with Gasteiger partial charge in [0.05, 0.1) is 13.7 Å². The topological polar surface area (TPSA) is 73.9 Å². The molecule has 1 aliphatic heterocycles. The van der Waals surface area contributed by atoms with Gasteiger partial charge in [0, 0.05) is 6.42 Å². The average Bonchev–Trinajstić information content (AvgIpc) is 3.02. The Labute approximate surface area is 145 Å². The fourth-order valence-corrected chi connectivity index (χ4v) is 2.77. The Morgan fingerprint density at radius 2 is 1.88 bits per heavy atom. The Balaban J connectivity index is 1.75. The number of hydrogen-bond donors (Lipinski definition) is 1. The maximum atomic E-state index is 12.2. The number of carbonyl (C=O) groups is 2. The van der Waals surface area contributed by atoms with E-state index in [-0.39, 0.29) is 6.61 Å². The third kappa shape index (κ3) is 3.57. The summed E-state index contributed by atoms with van der Waals surface area (Å²) in [6.07, 6.45) is -0.325. The van der Waals surface area contributed by atoms with E-state index in [1.54, 1.807) is 24.3 Å². The molecule has 2 aromatic carbocycles. The van der Waals surface area contributed by atoms with Crippen molar-refractivity contribution in [2.75, 3.05) is 13.7 Å². The van der Waals surface area contributed by atoms with Crippen molar-refractivity contribution in [3.05, 3.63) is 65.7 Å². The second-order valence-electron chi connectivity index (χ2n) is 5.71. The maximum absolute atomic E-state index is 12.2. The third-order valence-corrected chi connectivity index (χ3v) is 4.15. The van der Waals surface area contributed by atoms with Crippen molar-refractivity contribution in [2.45, 2.75) is 18.6 Å². The van der Waals surface area contributed by atoms with Crippen LogP contribution in [-0.2, 0) is 26.4 Å². The molecule has 1 amide bonds. The van der Waals surface area contributed by atoms with E-state index in [1.807, 2.05) is 30.3 Å². The first-order valence-electron chi connectivity index (χ1n) is 7.95. The molecular formula is C19H19NO5. The summed E-state index contributed by atoms with van der Waals surface area (Å²) in [6, 6.07) is 16.9. The molecule has 0 saturated carbocycles. The van der Waals surface area contributed by atoms with Crippen molar-refractivity contribution in [1.82, 2.24) is 5.32 Å². The third-order valence-electron chi connectivity index (χ3n) is 4.15. The molecule has 2 aromatic rings. The summed E-state index contributed by atoms with van der Waals surface area (Å²) in [5.41, 5.74) is 0.479. The molecule has 0 radical (unpaired) electrons. The normalized spacial score (nSPS) is 19.2.